The van der Waals surface area contributed by atoms with Crippen LogP contribution in [0, 0.1) is 0 Å². The molecule has 136 valence electrons. The molecule has 1 fully saturated rings. The number of hydrogen-bond donors (Lipinski definition) is 2. The Bertz CT molecular complexity index is 907. The van der Waals surface area contributed by atoms with E-state index in [-0.39, 0.29) is 18.8 Å². The summed E-state index contributed by atoms with van der Waals surface area (Å²) in [6.45, 7) is -0.0747. The van der Waals surface area contributed by atoms with Crippen molar-refractivity contribution in [3.05, 3.63) is 69.6 Å². The Morgan fingerprint density at radius 2 is 2.00 bits per heavy atom. The summed E-state index contributed by atoms with van der Waals surface area (Å²) in [5, 5.41) is 23.5. The SMILES string of the molecule is OCC1CC(O)CC(c2ccc(Cl)c(Cc3ccc4sccc4c3)c2)O1. The van der Waals surface area contributed by atoms with E-state index in [0.717, 1.165) is 22.6 Å². The standard InChI is InChI=1S/C21H21ClO3S/c22-19-3-2-14(20-11-17(24)10-18(12-23)25-20)9-16(19)8-13-1-4-21-15(7-13)5-6-26-21/h1-7,9,17-18,20,23-24H,8,10-12H2. The second-order valence-electron chi connectivity index (χ2n) is 6.87. The molecule has 3 nitrogen and oxygen atoms in total. The van der Waals surface area contributed by atoms with Crippen LogP contribution in [0.4, 0.5) is 0 Å². The minimum absolute atomic E-state index is 0.0747. The van der Waals surface area contributed by atoms with E-state index < -0.39 is 6.10 Å². The summed E-state index contributed by atoms with van der Waals surface area (Å²) in [5.74, 6) is 0. The Labute approximate surface area is 161 Å². The normalized spacial score (nSPS) is 23.4. The molecular weight excluding hydrogens is 368 g/mol. The highest BCUT2D eigenvalue weighted by atomic mass is 35.5. The van der Waals surface area contributed by atoms with Crippen molar-refractivity contribution >= 4 is 33.0 Å². The maximum absolute atomic E-state index is 10.1. The zero-order valence-corrected chi connectivity index (χ0v) is 15.8. The first-order chi connectivity index (χ1) is 12.6. The number of fused-ring (bicyclic) bond motifs is 1. The Balaban J connectivity index is 1.59. The van der Waals surface area contributed by atoms with Gasteiger partial charge in [0.05, 0.1) is 24.9 Å². The third-order valence-electron chi connectivity index (χ3n) is 4.93. The summed E-state index contributed by atoms with van der Waals surface area (Å²) in [6, 6.07) is 14.5. The van der Waals surface area contributed by atoms with E-state index in [1.807, 2.05) is 12.1 Å². The minimum Gasteiger partial charge on any atom is -0.394 e. The van der Waals surface area contributed by atoms with Gasteiger partial charge in [0.15, 0.2) is 0 Å². The lowest BCUT2D eigenvalue weighted by molar-refractivity contribution is -0.113. The number of hydrogen-bond acceptors (Lipinski definition) is 4. The second kappa shape index (κ2) is 7.67. The molecule has 3 atom stereocenters. The molecule has 4 rings (SSSR count). The number of ether oxygens (including phenoxy) is 1. The van der Waals surface area contributed by atoms with Gasteiger partial charge in [0.2, 0.25) is 0 Å². The van der Waals surface area contributed by atoms with Crippen LogP contribution in [0.2, 0.25) is 5.02 Å². The van der Waals surface area contributed by atoms with Gasteiger partial charge < -0.3 is 14.9 Å². The number of benzene rings is 2. The van der Waals surface area contributed by atoms with Crippen molar-refractivity contribution in [3.63, 3.8) is 0 Å². The molecule has 5 heteroatoms. The lowest BCUT2D eigenvalue weighted by atomic mass is 9.94. The predicted molar refractivity (Wildman–Crippen MR) is 106 cm³/mol. The average Bonchev–Trinajstić information content (AvgIpc) is 3.10. The van der Waals surface area contributed by atoms with Gasteiger partial charge in [-0.2, -0.15) is 0 Å². The summed E-state index contributed by atoms with van der Waals surface area (Å²) in [4.78, 5) is 0. The van der Waals surface area contributed by atoms with Gasteiger partial charge in [0.25, 0.3) is 0 Å². The van der Waals surface area contributed by atoms with Crippen molar-refractivity contribution in [2.24, 2.45) is 0 Å². The second-order valence-corrected chi connectivity index (χ2v) is 8.23. The highest BCUT2D eigenvalue weighted by Gasteiger charge is 2.29. The van der Waals surface area contributed by atoms with Crippen molar-refractivity contribution in [2.75, 3.05) is 6.61 Å². The van der Waals surface area contributed by atoms with Crippen LogP contribution in [0.3, 0.4) is 0 Å². The molecule has 2 aromatic carbocycles. The minimum atomic E-state index is -0.453. The first-order valence-corrected chi connectivity index (χ1v) is 10.1. The van der Waals surface area contributed by atoms with Crippen LogP contribution in [0.25, 0.3) is 10.1 Å². The Morgan fingerprint density at radius 1 is 1.12 bits per heavy atom. The molecule has 0 spiro atoms. The van der Waals surface area contributed by atoms with Gasteiger partial charge in [-0.25, -0.2) is 0 Å². The smallest absolute Gasteiger partial charge is 0.0854 e. The van der Waals surface area contributed by atoms with Crippen molar-refractivity contribution in [1.82, 2.24) is 0 Å². The molecule has 0 aliphatic carbocycles. The topological polar surface area (TPSA) is 49.7 Å². The molecule has 0 saturated carbocycles. The molecule has 0 amide bonds. The van der Waals surface area contributed by atoms with Crippen LogP contribution >= 0.6 is 22.9 Å². The zero-order valence-electron chi connectivity index (χ0n) is 14.3. The van der Waals surface area contributed by atoms with Crippen molar-refractivity contribution in [3.8, 4) is 0 Å². The summed E-state index contributed by atoms with van der Waals surface area (Å²) < 4.78 is 7.22. The monoisotopic (exact) mass is 388 g/mol. The first-order valence-electron chi connectivity index (χ1n) is 8.81. The van der Waals surface area contributed by atoms with E-state index in [1.54, 1.807) is 11.3 Å². The van der Waals surface area contributed by atoms with Crippen LogP contribution < -0.4 is 0 Å². The third-order valence-corrected chi connectivity index (χ3v) is 6.20. The molecular formula is C21H21ClO3S. The van der Waals surface area contributed by atoms with E-state index in [4.69, 9.17) is 16.3 Å². The lowest BCUT2D eigenvalue weighted by Crippen LogP contribution is -2.33. The lowest BCUT2D eigenvalue weighted by Gasteiger charge is -2.32. The zero-order chi connectivity index (χ0) is 18.1. The fourth-order valence-electron chi connectivity index (χ4n) is 3.60. The van der Waals surface area contributed by atoms with E-state index in [2.05, 4.69) is 35.7 Å². The van der Waals surface area contributed by atoms with Gasteiger partial charge in [-0.1, -0.05) is 29.8 Å². The fraction of sp³-hybridized carbons (Fsp3) is 0.333. The summed E-state index contributed by atoms with van der Waals surface area (Å²) in [7, 11) is 0. The van der Waals surface area contributed by atoms with Gasteiger partial charge in [0.1, 0.15) is 0 Å². The molecule has 3 unspecified atom stereocenters. The molecule has 3 aromatic rings. The Kier molecular flexibility index (Phi) is 5.30. The number of rotatable bonds is 4. The van der Waals surface area contributed by atoms with Crippen LogP contribution in [-0.2, 0) is 11.2 Å². The maximum Gasteiger partial charge on any atom is 0.0854 e. The van der Waals surface area contributed by atoms with E-state index in [9.17, 15) is 10.2 Å². The number of aliphatic hydroxyl groups excluding tert-OH is 2. The van der Waals surface area contributed by atoms with Gasteiger partial charge >= 0.3 is 0 Å². The first kappa shape index (κ1) is 18.0. The number of thiophene rings is 1. The Hall–Kier alpha value is -1.43. The summed E-state index contributed by atoms with van der Waals surface area (Å²) in [6.07, 6.45) is 0.783. The highest BCUT2D eigenvalue weighted by molar-refractivity contribution is 7.17. The molecule has 0 radical (unpaired) electrons. The third kappa shape index (κ3) is 3.80. The van der Waals surface area contributed by atoms with E-state index in [1.165, 1.54) is 15.6 Å². The highest BCUT2D eigenvalue weighted by Crippen LogP contribution is 2.34. The number of halogens is 1. The molecule has 26 heavy (non-hydrogen) atoms. The van der Waals surface area contributed by atoms with Gasteiger partial charge in [-0.3, -0.25) is 0 Å². The Morgan fingerprint density at radius 3 is 2.85 bits per heavy atom. The summed E-state index contributed by atoms with van der Waals surface area (Å²) in [5.41, 5.74) is 3.26. The summed E-state index contributed by atoms with van der Waals surface area (Å²) >= 11 is 8.18. The van der Waals surface area contributed by atoms with Crippen LogP contribution in [-0.4, -0.2) is 29.0 Å². The van der Waals surface area contributed by atoms with Gasteiger partial charge in [-0.15, -0.1) is 11.3 Å². The van der Waals surface area contributed by atoms with Crippen molar-refractivity contribution < 1.29 is 14.9 Å². The fourth-order valence-corrected chi connectivity index (χ4v) is 4.55. The van der Waals surface area contributed by atoms with Crippen LogP contribution in [0.5, 0.6) is 0 Å². The van der Waals surface area contributed by atoms with Gasteiger partial charge in [-0.05, 0) is 58.1 Å². The predicted octanol–water partition coefficient (Wildman–Crippen LogP) is 4.72. The van der Waals surface area contributed by atoms with Crippen LogP contribution in [0.1, 0.15) is 35.6 Å². The average molecular weight is 389 g/mol. The van der Waals surface area contributed by atoms with E-state index in [0.29, 0.717) is 12.8 Å². The van der Waals surface area contributed by atoms with Crippen molar-refractivity contribution in [2.45, 2.75) is 37.6 Å². The quantitative estimate of drug-likeness (QED) is 0.680. The largest absolute Gasteiger partial charge is 0.394 e. The molecule has 2 heterocycles. The molecule has 1 aliphatic heterocycles. The number of aliphatic hydroxyl groups is 2. The molecule has 2 N–H and O–H groups in total. The molecule has 0 bridgehead atoms. The molecule has 1 aromatic heterocycles. The van der Waals surface area contributed by atoms with Crippen molar-refractivity contribution in [1.29, 1.82) is 0 Å². The molecule has 1 saturated heterocycles. The molecule has 1 aliphatic rings. The van der Waals surface area contributed by atoms with Gasteiger partial charge in [0, 0.05) is 22.6 Å². The van der Waals surface area contributed by atoms with Crippen LogP contribution in [0.15, 0.2) is 47.8 Å². The van der Waals surface area contributed by atoms with E-state index >= 15 is 0 Å². The maximum atomic E-state index is 10.1.